The van der Waals surface area contributed by atoms with Crippen LogP contribution in [0.25, 0.3) is 34.2 Å². The second kappa shape index (κ2) is 13.0. The second-order valence-corrected chi connectivity index (χ2v) is 12.4. The molecule has 0 saturated heterocycles. The summed E-state index contributed by atoms with van der Waals surface area (Å²) >= 11 is 0. The Labute approximate surface area is 286 Å². The Balaban J connectivity index is 1.39. The Morgan fingerprint density at radius 1 is 0.400 bits per heavy atom. The Morgan fingerprint density at radius 2 is 0.680 bits per heavy atom. The average Bonchev–Trinajstić information content (AvgIpc) is 3.11. The highest BCUT2D eigenvalue weighted by Crippen LogP contribution is 2.26. The first-order valence-electron chi connectivity index (χ1n) is 16.1. The Morgan fingerprint density at radius 3 is 0.980 bits per heavy atom. The standard InChI is InChI=1S/C38H30N8O4/c47-37(48)23-13-29-21-45-17-25-5-1-9-31(39-25)32-10-2-6-26(40-32)19-46(22-30-14-24(38(49)50)16-36(44-30)35(15-23)43-29)20-28-8-4-12-34(42-28)33-11-3-7-27(18-45)41-33/h1-16H,17-22H2,(H,47,48)(H,49,50). The predicted molar refractivity (Wildman–Crippen MR) is 182 cm³/mol. The fraction of sp³-hybridized carbons (Fsp3) is 0.158. The van der Waals surface area contributed by atoms with Gasteiger partial charge in [-0.2, -0.15) is 0 Å². The van der Waals surface area contributed by atoms with Crippen molar-refractivity contribution in [2.24, 2.45) is 0 Å². The molecule has 6 aromatic rings. The van der Waals surface area contributed by atoms with Crippen LogP contribution in [0.1, 0.15) is 54.9 Å². The molecular formula is C38H30N8O4. The van der Waals surface area contributed by atoms with Crippen LogP contribution in [0.2, 0.25) is 0 Å². The minimum absolute atomic E-state index is 0.0221. The smallest absolute Gasteiger partial charge is 0.335 e. The van der Waals surface area contributed by atoms with Crippen molar-refractivity contribution in [2.75, 3.05) is 0 Å². The molecule has 12 heteroatoms. The van der Waals surface area contributed by atoms with Crippen LogP contribution in [0, 0.1) is 0 Å². The zero-order chi connectivity index (χ0) is 34.2. The Kier molecular flexibility index (Phi) is 8.07. The van der Waals surface area contributed by atoms with Gasteiger partial charge in [0.15, 0.2) is 0 Å². The molecule has 0 aliphatic carbocycles. The summed E-state index contributed by atoms with van der Waals surface area (Å²) in [4.78, 5) is 58.7. The number of carboxylic acid groups (broad SMARTS) is 2. The third-order valence-corrected chi connectivity index (χ3v) is 8.58. The molecule has 2 N–H and O–H groups in total. The first-order valence-corrected chi connectivity index (χ1v) is 16.1. The third kappa shape index (κ3) is 6.70. The van der Waals surface area contributed by atoms with Crippen LogP contribution in [0.15, 0.2) is 97.1 Å². The summed E-state index contributed by atoms with van der Waals surface area (Å²) in [5.41, 5.74) is 7.58. The Bertz CT molecular complexity index is 2040. The summed E-state index contributed by atoms with van der Waals surface area (Å²) < 4.78 is 0. The van der Waals surface area contributed by atoms with Crippen molar-refractivity contribution < 1.29 is 19.8 Å². The van der Waals surface area contributed by atoms with Crippen molar-refractivity contribution in [3.63, 3.8) is 0 Å². The summed E-state index contributed by atoms with van der Waals surface area (Å²) in [6.45, 7) is 2.07. The molecule has 6 aromatic heterocycles. The quantitative estimate of drug-likeness (QED) is 0.241. The van der Waals surface area contributed by atoms with Crippen LogP contribution in [-0.4, -0.2) is 61.9 Å². The molecule has 50 heavy (non-hydrogen) atoms. The average molecular weight is 663 g/mol. The molecule has 0 spiro atoms. The Hall–Kier alpha value is -6.24. The molecular weight excluding hydrogens is 632 g/mol. The lowest BCUT2D eigenvalue weighted by Gasteiger charge is -2.24. The highest BCUT2D eigenvalue weighted by Gasteiger charge is 2.21. The second-order valence-electron chi connectivity index (χ2n) is 12.4. The highest BCUT2D eigenvalue weighted by molar-refractivity contribution is 5.90. The molecule has 3 aliphatic rings. The molecule has 9 heterocycles. The van der Waals surface area contributed by atoms with Crippen molar-refractivity contribution in [1.82, 2.24) is 39.7 Å². The summed E-state index contributed by atoms with van der Waals surface area (Å²) in [5, 5.41) is 20.2. The van der Waals surface area contributed by atoms with Crippen molar-refractivity contribution in [3.8, 4) is 34.2 Å². The van der Waals surface area contributed by atoms with Gasteiger partial charge in [-0.25, -0.2) is 39.5 Å². The van der Waals surface area contributed by atoms with Gasteiger partial charge in [0.2, 0.25) is 0 Å². The van der Waals surface area contributed by atoms with E-state index < -0.39 is 11.9 Å². The van der Waals surface area contributed by atoms with Crippen LogP contribution in [0.4, 0.5) is 0 Å². The van der Waals surface area contributed by atoms with Crippen molar-refractivity contribution in [1.29, 1.82) is 0 Å². The molecule has 9 rings (SSSR count). The van der Waals surface area contributed by atoms with E-state index in [1.807, 2.05) is 72.8 Å². The molecule has 0 aromatic carbocycles. The van der Waals surface area contributed by atoms with Gasteiger partial charge in [-0.05, 0) is 72.8 Å². The molecule has 0 radical (unpaired) electrons. The van der Waals surface area contributed by atoms with E-state index in [2.05, 4.69) is 9.80 Å². The molecule has 0 atom stereocenters. The lowest BCUT2D eigenvalue weighted by Crippen LogP contribution is -2.25. The van der Waals surface area contributed by atoms with E-state index in [0.717, 1.165) is 45.6 Å². The van der Waals surface area contributed by atoms with E-state index in [9.17, 15) is 19.8 Å². The number of nitrogens with zero attached hydrogens (tertiary/aromatic N) is 8. The number of hydrogen-bond acceptors (Lipinski definition) is 10. The largest absolute Gasteiger partial charge is 0.478 e. The van der Waals surface area contributed by atoms with Gasteiger partial charge < -0.3 is 10.2 Å². The SMILES string of the molecule is O=C(O)c1cc2nc(c1)-c1cc(C(=O)O)cc(n1)CN1Cc3cccc(n3)-c3cccc(n3)CN(Cc3cccc(n3)-c3cccc(n3)C1)C2. The predicted octanol–water partition coefficient (Wildman–Crippen LogP) is 5.49. The van der Waals surface area contributed by atoms with Gasteiger partial charge in [-0.1, -0.05) is 24.3 Å². The van der Waals surface area contributed by atoms with Gasteiger partial charge in [0.25, 0.3) is 0 Å². The fourth-order valence-corrected chi connectivity index (χ4v) is 6.40. The number of pyridine rings is 6. The zero-order valence-electron chi connectivity index (χ0n) is 26.8. The van der Waals surface area contributed by atoms with Crippen LogP contribution < -0.4 is 0 Å². The molecule has 246 valence electrons. The van der Waals surface area contributed by atoms with Gasteiger partial charge >= 0.3 is 11.9 Å². The van der Waals surface area contributed by atoms with Gasteiger partial charge in [-0.3, -0.25) is 9.80 Å². The van der Waals surface area contributed by atoms with E-state index in [-0.39, 0.29) is 35.6 Å². The van der Waals surface area contributed by atoms with E-state index >= 15 is 0 Å². The van der Waals surface area contributed by atoms with Crippen LogP contribution in [0.5, 0.6) is 0 Å². The molecule has 0 amide bonds. The molecule has 0 unspecified atom stereocenters. The molecule has 0 saturated carbocycles. The van der Waals surface area contributed by atoms with Crippen molar-refractivity contribution in [3.05, 3.63) is 142 Å². The van der Waals surface area contributed by atoms with E-state index in [1.165, 1.54) is 24.3 Å². The minimum Gasteiger partial charge on any atom is -0.478 e. The summed E-state index contributed by atoms with van der Waals surface area (Å²) in [5.74, 6) is -2.25. The maximum Gasteiger partial charge on any atom is 0.335 e. The normalized spacial score (nSPS) is 16.6. The minimum atomic E-state index is -1.13. The summed E-state index contributed by atoms with van der Waals surface area (Å²) in [7, 11) is 0. The van der Waals surface area contributed by atoms with Crippen molar-refractivity contribution in [2.45, 2.75) is 39.3 Å². The first-order chi connectivity index (χ1) is 24.3. The topological polar surface area (TPSA) is 158 Å². The van der Waals surface area contributed by atoms with Crippen LogP contribution in [0.3, 0.4) is 0 Å². The third-order valence-electron chi connectivity index (χ3n) is 8.58. The molecule has 14 bridgehead atoms. The number of aromatic nitrogens is 6. The maximum atomic E-state index is 12.4. The lowest BCUT2D eigenvalue weighted by molar-refractivity contribution is 0.0685. The van der Waals surface area contributed by atoms with Crippen LogP contribution in [-0.2, 0) is 39.3 Å². The van der Waals surface area contributed by atoms with Gasteiger partial charge in [0, 0.05) is 39.3 Å². The fourth-order valence-electron chi connectivity index (χ4n) is 6.40. The number of aromatic carboxylic acids is 2. The summed E-state index contributed by atoms with van der Waals surface area (Å²) in [6.07, 6.45) is 0. The van der Waals surface area contributed by atoms with Crippen molar-refractivity contribution >= 4 is 11.9 Å². The maximum absolute atomic E-state index is 12.4. The van der Waals surface area contributed by atoms with Gasteiger partial charge in [-0.15, -0.1) is 0 Å². The summed E-state index contributed by atoms with van der Waals surface area (Å²) in [6, 6.07) is 29.3. The first kappa shape index (κ1) is 31.1. The lowest BCUT2D eigenvalue weighted by atomic mass is 10.1. The molecule has 12 nitrogen and oxygen atoms in total. The monoisotopic (exact) mass is 662 g/mol. The molecule has 3 aliphatic heterocycles. The van der Waals surface area contributed by atoms with E-state index in [0.29, 0.717) is 37.6 Å². The number of hydrogen-bond donors (Lipinski definition) is 2. The number of carbonyl (C=O) groups is 2. The van der Waals surface area contributed by atoms with Gasteiger partial charge in [0.1, 0.15) is 0 Å². The van der Waals surface area contributed by atoms with E-state index in [4.69, 9.17) is 29.9 Å². The van der Waals surface area contributed by atoms with Crippen LogP contribution >= 0.6 is 0 Å². The number of rotatable bonds is 2. The number of carboxylic acids is 2. The van der Waals surface area contributed by atoms with Gasteiger partial charge in [0.05, 0.1) is 79.5 Å². The van der Waals surface area contributed by atoms with E-state index in [1.54, 1.807) is 0 Å². The highest BCUT2D eigenvalue weighted by atomic mass is 16.4. The zero-order valence-corrected chi connectivity index (χ0v) is 26.8. The molecule has 0 fully saturated rings.